The van der Waals surface area contributed by atoms with E-state index < -0.39 is 10.0 Å². The lowest BCUT2D eigenvalue weighted by Gasteiger charge is -2.18. The molecule has 0 fully saturated rings. The van der Waals surface area contributed by atoms with Crippen molar-refractivity contribution in [1.29, 1.82) is 0 Å². The quantitative estimate of drug-likeness (QED) is 0.626. The summed E-state index contributed by atoms with van der Waals surface area (Å²) in [6.07, 6.45) is 0. The van der Waals surface area contributed by atoms with E-state index >= 15 is 0 Å². The molecule has 144 valence electrons. The van der Waals surface area contributed by atoms with Crippen LogP contribution >= 0.6 is 11.3 Å². The zero-order valence-electron chi connectivity index (χ0n) is 15.4. The van der Waals surface area contributed by atoms with Gasteiger partial charge in [-0.25, -0.2) is 8.42 Å². The first-order valence-corrected chi connectivity index (χ1v) is 10.3. The van der Waals surface area contributed by atoms with Crippen LogP contribution in [0.5, 0.6) is 11.5 Å². The van der Waals surface area contributed by atoms with Crippen molar-refractivity contribution in [3.63, 3.8) is 0 Å². The number of methoxy groups -OCH3 is 2. The minimum absolute atomic E-state index is 0.127. The Balaban J connectivity index is 1.91. The van der Waals surface area contributed by atoms with Crippen molar-refractivity contribution in [2.75, 3.05) is 21.3 Å². The van der Waals surface area contributed by atoms with Gasteiger partial charge in [-0.15, -0.1) is 0 Å². The Kier molecular flexibility index (Phi) is 5.27. The summed E-state index contributed by atoms with van der Waals surface area (Å²) in [6, 6.07) is 10.00. The fourth-order valence-corrected chi connectivity index (χ4v) is 4.95. The third-order valence-electron chi connectivity index (χ3n) is 4.33. The molecule has 0 spiro atoms. The predicted octanol–water partition coefficient (Wildman–Crippen LogP) is 2.44. The van der Waals surface area contributed by atoms with Crippen LogP contribution in [0, 0.1) is 0 Å². The normalized spacial score (nSPS) is 11.9. The fraction of sp³-hybridized carbons (Fsp3) is 0.278. The topological polar surface area (TPSA) is 77.8 Å². The smallest absolute Gasteiger partial charge is 0.307 e. The molecule has 2 aromatic carbocycles. The van der Waals surface area contributed by atoms with Gasteiger partial charge in [0, 0.05) is 20.6 Å². The molecule has 0 radical (unpaired) electrons. The van der Waals surface area contributed by atoms with Gasteiger partial charge < -0.3 is 14.0 Å². The van der Waals surface area contributed by atoms with E-state index in [4.69, 9.17) is 9.47 Å². The summed E-state index contributed by atoms with van der Waals surface area (Å²) in [4.78, 5) is 11.8. The van der Waals surface area contributed by atoms with Crippen LogP contribution < -0.4 is 14.3 Å². The van der Waals surface area contributed by atoms with E-state index in [1.807, 2.05) is 0 Å². The summed E-state index contributed by atoms with van der Waals surface area (Å²) in [7, 11) is 2.55. The van der Waals surface area contributed by atoms with Gasteiger partial charge in [0.25, 0.3) is 0 Å². The fourth-order valence-electron chi connectivity index (χ4n) is 2.78. The van der Waals surface area contributed by atoms with Crippen molar-refractivity contribution in [1.82, 2.24) is 8.87 Å². The van der Waals surface area contributed by atoms with E-state index in [1.54, 1.807) is 44.5 Å². The number of sulfonamides is 1. The maximum Gasteiger partial charge on any atom is 0.307 e. The monoisotopic (exact) mass is 408 g/mol. The number of fused-ring (bicyclic) bond motifs is 1. The number of hydrogen-bond acceptors (Lipinski definition) is 6. The standard InChI is InChI=1S/C18H20N2O5S2/c1-19(11-12-5-8-15(24-3)16(9-12)25-4)27(22,23)13-6-7-14-17(10-13)26-18(21)20(14)2/h5-10H,11H2,1-4H3. The second kappa shape index (κ2) is 7.34. The summed E-state index contributed by atoms with van der Waals surface area (Å²) in [5, 5.41) is 0. The van der Waals surface area contributed by atoms with Crippen LogP contribution in [-0.4, -0.2) is 38.6 Å². The molecule has 9 heteroatoms. The van der Waals surface area contributed by atoms with Gasteiger partial charge in [0.15, 0.2) is 11.5 Å². The van der Waals surface area contributed by atoms with Gasteiger partial charge in [-0.3, -0.25) is 4.79 Å². The molecule has 0 saturated carbocycles. The number of rotatable bonds is 6. The molecule has 7 nitrogen and oxygen atoms in total. The highest BCUT2D eigenvalue weighted by Crippen LogP contribution is 2.29. The van der Waals surface area contributed by atoms with Gasteiger partial charge in [0.05, 0.1) is 29.3 Å². The van der Waals surface area contributed by atoms with Gasteiger partial charge in [-0.1, -0.05) is 17.4 Å². The molecule has 0 unspecified atom stereocenters. The lowest BCUT2D eigenvalue weighted by molar-refractivity contribution is 0.354. The molecule has 1 heterocycles. The molecule has 0 bridgehead atoms. The molecule has 3 rings (SSSR count). The summed E-state index contributed by atoms with van der Waals surface area (Å²) in [5.74, 6) is 1.12. The van der Waals surface area contributed by atoms with Crippen LogP contribution in [0.15, 0.2) is 46.1 Å². The molecule has 0 atom stereocenters. The van der Waals surface area contributed by atoms with E-state index in [-0.39, 0.29) is 16.3 Å². The lowest BCUT2D eigenvalue weighted by Crippen LogP contribution is -2.26. The van der Waals surface area contributed by atoms with Crippen molar-refractivity contribution in [3.05, 3.63) is 51.6 Å². The molecule has 0 N–H and O–H groups in total. The molecular weight excluding hydrogens is 388 g/mol. The van der Waals surface area contributed by atoms with Crippen molar-refractivity contribution in [2.24, 2.45) is 7.05 Å². The molecule has 3 aromatic rings. The Morgan fingerprint density at radius 1 is 1.07 bits per heavy atom. The Bertz CT molecular complexity index is 1150. The van der Waals surface area contributed by atoms with Gasteiger partial charge in [0.1, 0.15) is 0 Å². The Morgan fingerprint density at radius 3 is 2.44 bits per heavy atom. The molecular formula is C18H20N2O5S2. The Morgan fingerprint density at radius 2 is 1.78 bits per heavy atom. The number of aryl methyl sites for hydroxylation is 1. The maximum atomic E-state index is 12.9. The molecule has 0 saturated heterocycles. The van der Waals surface area contributed by atoms with Gasteiger partial charge >= 0.3 is 4.87 Å². The first-order valence-electron chi connectivity index (χ1n) is 8.04. The number of aromatic nitrogens is 1. The highest BCUT2D eigenvalue weighted by atomic mass is 32.2. The van der Waals surface area contributed by atoms with Gasteiger partial charge in [-0.2, -0.15) is 4.31 Å². The third kappa shape index (κ3) is 3.58. The SMILES string of the molecule is COc1ccc(CN(C)S(=O)(=O)c2ccc3c(c2)sc(=O)n3C)cc1OC. The van der Waals surface area contributed by atoms with Crippen molar-refractivity contribution in [3.8, 4) is 11.5 Å². The third-order valence-corrected chi connectivity index (χ3v) is 7.12. The van der Waals surface area contributed by atoms with Crippen LogP contribution in [-0.2, 0) is 23.6 Å². The number of thiazole rings is 1. The highest BCUT2D eigenvalue weighted by molar-refractivity contribution is 7.89. The van der Waals surface area contributed by atoms with E-state index in [0.29, 0.717) is 21.7 Å². The number of nitrogens with zero attached hydrogens (tertiary/aromatic N) is 2. The second-order valence-corrected chi connectivity index (χ2v) is 9.05. The summed E-state index contributed by atoms with van der Waals surface area (Å²) in [6.45, 7) is 0.172. The first kappa shape index (κ1) is 19.4. The van der Waals surface area contributed by atoms with E-state index in [2.05, 4.69) is 0 Å². The first-order chi connectivity index (χ1) is 12.8. The zero-order chi connectivity index (χ0) is 19.8. The average molecular weight is 409 g/mol. The largest absolute Gasteiger partial charge is 0.493 e. The van der Waals surface area contributed by atoms with Gasteiger partial charge in [0.2, 0.25) is 10.0 Å². The number of benzene rings is 2. The molecule has 0 aliphatic heterocycles. The summed E-state index contributed by atoms with van der Waals surface area (Å²) >= 11 is 1.03. The number of ether oxygens (including phenoxy) is 2. The van der Waals surface area contributed by atoms with Crippen LogP contribution in [0.2, 0.25) is 0 Å². The Hall–Kier alpha value is -2.36. The summed E-state index contributed by atoms with van der Waals surface area (Å²) in [5.41, 5.74) is 1.48. The average Bonchev–Trinajstić information content (AvgIpc) is 2.95. The minimum Gasteiger partial charge on any atom is -0.493 e. The summed E-state index contributed by atoms with van der Waals surface area (Å²) < 4.78 is 39.8. The highest BCUT2D eigenvalue weighted by Gasteiger charge is 2.22. The Labute approximate surface area is 161 Å². The molecule has 0 amide bonds. The number of hydrogen-bond donors (Lipinski definition) is 0. The van der Waals surface area contributed by atoms with E-state index in [1.165, 1.54) is 29.1 Å². The lowest BCUT2D eigenvalue weighted by atomic mass is 10.2. The van der Waals surface area contributed by atoms with E-state index in [9.17, 15) is 13.2 Å². The van der Waals surface area contributed by atoms with Crippen LogP contribution in [0.1, 0.15) is 5.56 Å². The van der Waals surface area contributed by atoms with Crippen LogP contribution in [0.3, 0.4) is 0 Å². The van der Waals surface area contributed by atoms with Crippen LogP contribution in [0.4, 0.5) is 0 Å². The molecule has 1 aromatic heterocycles. The zero-order valence-corrected chi connectivity index (χ0v) is 17.1. The van der Waals surface area contributed by atoms with Crippen molar-refractivity contribution < 1.29 is 17.9 Å². The van der Waals surface area contributed by atoms with Crippen LogP contribution in [0.25, 0.3) is 10.2 Å². The molecule has 0 aliphatic carbocycles. The molecule has 0 aliphatic rings. The van der Waals surface area contributed by atoms with Gasteiger partial charge in [-0.05, 0) is 35.9 Å². The minimum atomic E-state index is -3.71. The van der Waals surface area contributed by atoms with Crippen molar-refractivity contribution >= 4 is 31.6 Å². The molecule has 27 heavy (non-hydrogen) atoms. The van der Waals surface area contributed by atoms with E-state index in [0.717, 1.165) is 16.9 Å². The predicted molar refractivity (Wildman–Crippen MR) is 105 cm³/mol. The maximum absolute atomic E-state index is 12.9. The second-order valence-electron chi connectivity index (χ2n) is 6.01. The van der Waals surface area contributed by atoms with Crippen molar-refractivity contribution in [2.45, 2.75) is 11.4 Å².